The van der Waals surface area contributed by atoms with E-state index in [0.717, 1.165) is 41.5 Å². The van der Waals surface area contributed by atoms with Crippen LogP contribution >= 0.6 is 24.0 Å². The van der Waals surface area contributed by atoms with Crippen molar-refractivity contribution in [3.63, 3.8) is 0 Å². The molecule has 5 heteroatoms. The fourth-order valence-corrected chi connectivity index (χ4v) is 2.71. The molecule has 0 unspecified atom stereocenters. The number of fused-ring (bicyclic) bond motifs is 1. The minimum Gasteiger partial charge on any atom is -0.494 e. The molecule has 1 heterocycles. The standard InChI is InChI=1S/C18H19ClN2O.ClH/c1-2-18-20-16-6-3-4-7-17(16)21(18)12-5-13-22-15-10-8-14(19)9-11-15;/h3-4,6-11H,2,5,12-13H2,1H3;1H. The van der Waals surface area contributed by atoms with Crippen LogP contribution in [0.15, 0.2) is 48.5 Å². The van der Waals surface area contributed by atoms with Crippen molar-refractivity contribution in [2.24, 2.45) is 0 Å². The second-order valence-corrected chi connectivity index (χ2v) is 5.61. The second-order valence-electron chi connectivity index (χ2n) is 5.18. The van der Waals surface area contributed by atoms with E-state index in [9.17, 15) is 0 Å². The first kappa shape index (κ1) is 17.6. The van der Waals surface area contributed by atoms with Gasteiger partial charge in [0.2, 0.25) is 0 Å². The molecule has 3 rings (SSSR count). The van der Waals surface area contributed by atoms with Crippen molar-refractivity contribution >= 4 is 35.0 Å². The van der Waals surface area contributed by atoms with Crippen molar-refractivity contribution < 1.29 is 4.74 Å². The topological polar surface area (TPSA) is 27.1 Å². The number of imidazole rings is 1. The van der Waals surface area contributed by atoms with E-state index < -0.39 is 0 Å². The molecule has 23 heavy (non-hydrogen) atoms. The highest BCUT2D eigenvalue weighted by Crippen LogP contribution is 2.18. The molecule has 0 N–H and O–H groups in total. The average Bonchev–Trinajstić information content (AvgIpc) is 2.91. The van der Waals surface area contributed by atoms with E-state index >= 15 is 0 Å². The number of hydrogen-bond acceptors (Lipinski definition) is 2. The molecule has 0 atom stereocenters. The Morgan fingerprint density at radius 2 is 1.83 bits per heavy atom. The quantitative estimate of drug-likeness (QED) is 0.575. The van der Waals surface area contributed by atoms with Gasteiger partial charge in [0.1, 0.15) is 11.6 Å². The van der Waals surface area contributed by atoms with Crippen molar-refractivity contribution in [3.8, 4) is 5.75 Å². The zero-order valence-electron chi connectivity index (χ0n) is 13.0. The van der Waals surface area contributed by atoms with E-state index in [1.165, 1.54) is 5.52 Å². The average molecular weight is 351 g/mol. The number of halogens is 2. The number of aromatic nitrogens is 2. The van der Waals surface area contributed by atoms with Crippen LogP contribution in [0.4, 0.5) is 0 Å². The molecule has 122 valence electrons. The molecule has 0 fully saturated rings. The fourth-order valence-electron chi connectivity index (χ4n) is 2.59. The zero-order valence-corrected chi connectivity index (χ0v) is 14.6. The molecule has 3 nitrogen and oxygen atoms in total. The molecule has 0 radical (unpaired) electrons. The lowest BCUT2D eigenvalue weighted by molar-refractivity contribution is 0.302. The van der Waals surface area contributed by atoms with E-state index in [0.29, 0.717) is 6.61 Å². The van der Waals surface area contributed by atoms with Gasteiger partial charge in [-0.3, -0.25) is 0 Å². The maximum atomic E-state index is 5.86. The molecular weight excluding hydrogens is 331 g/mol. The molecule has 0 spiro atoms. The normalized spacial score (nSPS) is 10.5. The molecule has 0 aliphatic heterocycles. The number of aryl methyl sites for hydroxylation is 2. The summed E-state index contributed by atoms with van der Waals surface area (Å²) in [6, 6.07) is 15.8. The first-order chi connectivity index (χ1) is 10.8. The third-order valence-electron chi connectivity index (χ3n) is 3.66. The van der Waals surface area contributed by atoms with E-state index in [1.807, 2.05) is 30.3 Å². The minimum absolute atomic E-state index is 0. The highest BCUT2D eigenvalue weighted by molar-refractivity contribution is 6.30. The van der Waals surface area contributed by atoms with Crippen molar-refractivity contribution in [1.82, 2.24) is 9.55 Å². The maximum absolute atomic E-state index is 5.86. The van der Waals surface area contributed by atoms with E-state index in [-0.39, 0.29) is 12.4 Å². The van der Waals surface area contributed by atoms with Gasteiger partial charge in [-0.15, -0.1) is 12.4 Å². The summed E-state index contributed by atoms with van der Waals surface area (Å²) in [6.07, 6.45) is 1.88. The van der Waals surface area contributed by atoms with Gasteiger partial charge < -0.3 is 9.30 Å². The summed E-state index contributed by atoms with van der Waals surface area (Å²) in [4.78, 5) is 4.69. The molecule has 1 aromatic heterocycles. The smallest absolute Gasteiger partial charge is 0.119 e. The number of benzene rings is 2. The summed E-state index contributed by atoms with van der Waals surface area (Å²) in [5, 5.41) is 0.727. The Labute approximate surface area is 147 Å². The van der Waals surface area contributed by atoms with Crippen LogP contribution in [-0.4, -0.2) is 16.2 Å². The SMILES string of the molecule is CCc1nc2ccccc2n1CCCOc1ccc(Cl)cc1.Cl. The van der Waals surface area contributed by atoms with Gasteiger partial charge in [0, 0.05) is 18.0 Å². The molecule has 0 saturated heterocycles. The maximum Gasteiger partial charge on any atom is 0.119 e. The summed E-state index contributed by atoms with van der Waals surface area (Å²) < 4.78 is 8.04. The van der Waals surface area contributed by atoms with Crippen LogP contribution in [0.1, 0.15) is 19.2 Å². The first-order valence-corrected chi connectivity index (χ1v) is 7.98. The molecular formula is C18H20Cl2N2O. The highest BCUT2D eigenvalue weighted by Gasteiger charge is 2.08. The Morgan fingerprint density at radius 3 is 2.57 bits per heavy atom. The van der Waals surface area contributed by atoms with Crippen molar-refractivity contribution in [2.45, 2.75) is 26.3 Å². The number of para-hydroxylation sites is 2. The zero-order chi connectivity index (χ0) is 15.4. The molecule has 2 aromatic carbocycles. The molecule has 3 aromatic rings. The Bertz CT molecular complexity index is 753. The number of hydrogen-bond donors (Lipinski definition) is 0. The molecule has 0 saturated carbocycles. The van der Waals surface area contributed by atoms with E-state index in [1.54, 1.807) is 0 Å². The molecule has 0 aliphatic carbocycles. The van der Waals surface area contributed by atoms with Crippen LogP contribution < -0.4 is 4.74 Å². The molecule has 0 bridgehead atoms. The van der Waals surface area contributed by atoms with Crippen LogP contribution in [0, 0.1) is 0 Å². The van der Waals surface area contributed by atoms with Crippen molar-refractivity contribution in [1.29, 1.82) is 0 Å². The van der Waals surface area contributed by atoms with Gasteiger partial charge in [0.15, 0.2) is 0 Å². The number of nitrogens with zero attached hydrogens (tertiary/aromatic N) is 2. The lowest BCUT2D eigenvalue weighted by atomic mass is 10.3. The Hall–Kier alpha value is -1.71. The lowest BCUT2D eigenvalue weighted by Gasteiger charge is -2.09. The van der Waals surface area contributed by atoms with Crippen molar-refractivity contribution in [2.75, 3.05) is 6.61 Å². The van der Waals surface area contributed by atoms with Gasteiger partial charge in [-0.25, -0.2) is 4.98 Å². The van der Waals surface area contributed by atoms with E-state index in [2.05, 4.69) is 34.7 Å². The first-order valence-electron chi connectivity index (χ1n) is 7.60. The Morgan fingerprint density at radius 1 is 1.09 bits per heavy atom. The third kappa shape index (κ3) is 4.18. The van der Waals surface area contributed by atoms with Crippen LogP contribution in [0.3, 0.4) is 0 Å². The predicted octanol–water partition coefficient (Wildman–Crippen LogP) is 5.14. The van der Waals surface area contributed by atoms with Gasteiger partial charge in [0.05, 0.1) is 17.6 Å². The highest BCUT2D eigenvalue weighted by atomic mass is 35.5. The summed E-state index contributed by atoms with van der Waals surface area (Å²) in [6.45, 7) is 3.73. The fraction of sp³-hybridized carbons (Fsp3) is 0.278. The summed E-state index contributed by atoms with van der Waals surface area (Å²) in [5.74, 6) is 1.99. The second kappa shape index (κ2) is 8.23. The Kier molecular flexibility index (Phi) is 6.31. The number of ether oxygens (including phenoxy) is 1. The minimum atomic E-state index is 0. The molecule has 0 aliphatic rings. The summed E-state index contributed by atoms with van der Waals surface area (Å²) in [5.41, 5.74) is 2.27. The monoisotopic (exact) mass is 350 g/mol. The van der Waals surface area contributed by atoms with Crippen LogP contribution in [0.25, 0.3) is 11.0 Å². The van der Waals surface area contributed by atoms with Gasteiger partial charge in [0.25, 0.3) is 0 Å². The Balaban J connectivity index is 0.00000192. The van der Waals surface area contributed by atoms with Crippen LogP contribution in [0.2, 0.25) is 5.02 Å². The van der Waals surface area contributed by atoms with E-state index in [4.69, 9.17) is 16.3 Å². The van der Waals surface area contributed by atoms with Crippen molar-refractivity contribution in [3.05, 3.63) is 59.4 Å². The number of rotatable bonds is 6. The largest absolute Gasteiger partial charge is 0.494 e. The van der Waals surface area contributed by atoms with Gasteiger partial charge in [-0.2, -0.15) is 0 Å². The van der Waals surface area contributed by atoms with Gasteiger partial charge in [-0.05, 0) is 42.8 Å². The third-order valence-corrected chi connectivity index (χ3v) is 3.91. The van der Waals surface area contributed by atoms with Crippen LogP contribution in [0.5, 0.6) is 5.75 Å². The lowest BCUT2D eigenvalue weighted by Crippen LogP contribution is -2.07. The van der Waals surface area contributed by atoms with Gasteiger partial charge in [-0.1, -0.05) is 30.7 Å². The summed E-state index contributed by atoms with van der Waals surface area (Å²) in [7, 11) is 0. The van der Waals surface area contributed by atoms with Gasteiger partial charge >= 0.3 is 0 Å². The van der Waals surface area contributed by atoms with Crippen LogP contribution in [-0.2, 0) is 13.0 Å². The molecule has 0 amide bonds. The predicted molar refractivity (Wildman–Crippen MR) is 97.9 cm³/mol. The summed E-state index contributed by atoms with van der Waals surface area (Å²) >= 11 is 5.86.